The normalized spacial score (nSPS) is 26.1. The molecule has 10 nitrogen and oxygen atoms in total. The van der Waals surface area contributed by atoms with E-state index >= 15 is 0 Å². The maximum atomic E-state index is 13.3. The first-order valence-corrected chi connectivity index (χ1v) is 13.3. The molecule has 3 aromatic rings. The molecule has 0 bridgehead atoms. The molecule has 1 aliphatic carbocycles. The molecule has 0 amide bonds. The Morgan fingerprint density at radius 1 is 1.07 bits per heavy atom. The van der Waals surface area contributed by atoms with Gasteiger partial charge in [-0.15, -0.1) is 0 Å². The van der Waals surface area contributed by atoms with Crippen LogP contribution in [0.15, 0.2) is 60.7 Å². The van der Waals surface area contributed by atoms with Crippen molar-refractivity contribution in [1.29, 1.82) is 10.5 Å². The summed E-state index contributed by atoms with van der Waals surface area (Å²) in [5, 5.41) is 32.5. The summed E-state index contributed by atoms with van der Waals surface area (Å²) in [5.41, 5.74) is 2.43. The lowest BCUT2D eigenvalue weighted by molar-refractivity contribution is -0.137. The maximum absolute atomic E-state index is 13.3. The van der Waals surface area contributed by atoms with E-state index in [9.17, 15) is 15.6 Å². The van der Waals surface area contributed by atoms with E-state index in [4.69, 9.17) is 19.0 Å². The Morgan fingerprint density at radius 2 is 1.80 bits per heavy atom. The van der Waals surface area contributed by atoms with Crippen molar-refractivity contribution in [3.05, 3.63) is 88.6 Å². The number of hydroxylamine groups is 1. The van der Waals surface area contributed by atoms with E-state index in [0.717, 1.165) is 5.56 Å². The highest BCUT2D eigenvalue weighted by Gasteiger charge is 2.77. The Hall–Kier alpha value is -4.03. The lowest BCUT2D eigenvalue weighted by Crippen LogP contribution is -2.56. The summed E-state index contributed by atoms with van der Waals surface area (Å²) in [6.07, 6.45) is 0. The minimum absolute atomic E-state index is 0.0974. The Kier molecular flexibility index (Phi) is 7.96. The van der Waals surface area contributed by atoms with Crippen LogP contribution in [-0.4, -0.2) is 69.1 Å². The number of rotatable bonds is 10. The Morgan fingerprint density at radius 3 is 2.41 bits per heavy atom. The number of aliphatic hydroxyl groups is 1. The molecule has 1 fully saturated rings. The number of benzene rings is 2. The topological polar surface area (TPSA) is 133 Å². The number of hydrogen-bond acceptors (Lipinski definition) is 10. The highest BCUT2D eigenvalue weighted by Crippen LogP contribution is 2.69. The number of pyridine rings is 1. The molecule has 0 radical (unpaired) electrons. The van der Waals surface area contributed by atoms with Crippen LogP contribution >= 0.6 is 0 Å². The lowest BCUT2D eigenvalue weighted by atomic mass is 9.70. The SMILES string of the molecule is COCCN(C)C[C@H]1[C@@H](NOC)[C@@]2(O)c3c(cc(C#N)nc3OC)O[C@@]2(c2ccc(C#N)cc2)[C@@H]1c1ccccc1. The van der Waals surface area contributed by atoms with E-state index in [-0.39, 0.29) is 17.5 Å². The number of nitriles is 2. The third kappa shape index (κ3) is 4.41. The fraction of sp³-hybridized carbons (Fsp3) is 0.387. The van der Waals surface area contributed by atoms with Crippen LogP contribution in [0.5, 0.6) is 11.6 Å². The summed E-state index contributed by atoms with van der Waals surface area (Å²) in [6.45, 7) is 1.76. The maximum Gasteiger partial charge on any atom is 0.224 e. The number of hydrogen-bond donors (Lipinski definition) is 2. The fourth-order valence-electron chi connectivity index (χ4n) is 6.67. The standard InChI is InChI=1S/C31H33N5O5/c1-36(14-15-38-2)19-24-26(21-8-6-5-7-9-21)31(22-12-10-20(17-32)11-13-22)30(37,28(24)35-40-4)27-25(41-31)16-23(18-33)34-29(27)39-3/h5-13,16,24,26,28,35,37H,14-15,19H2,1-4H3/t24-,26-,28-,30+,31+/m1/s1. The molecule has 2 heterocycles. The predicted molar refractivity (Wildman–Crippen MR) is 149 cm³/mol. The number of likely N-dealkylation sites (N-methyl/N-ethyl adjacent to an activating group) is 1. The zero-order chi connectivity index (χ0) is 29.2. The first-order valence-electron chi connectivity index (χ1n) is 13.3. The molecular weight excluding hydrogens is 522 g/mol. The van der Waals surface area contributed by atoms with Gasteiger partial charge >= 0.3 is 0 Å². The molecule has 5 rings (SSSR count). The summed E-state index contributed by atoms with van der Waals surface area (Å²) in [6, 6.07) is 22.0. The average molecular weight is 556 g/mol. The predicted octanol–water partition coefficient (Wildman–Crippen LogP) is 2.82. The van der Waals surface area contributed by atoms with Gasteiger partial charge in [0.1, 0.15) is 17.5 Å². The second-order valence-electron chi connectivity index (χ2n) is 10.4. The molecule has 1 aromatic heterocycles. The van der Waals surface area contributed by atoms with Crippen LogP contribution in [0.1, 0.15) is 33.9 Å². The van der Waals surface area contributed by atoms with E-state index < -0.39 is 23.2 Å². The van der Waals surface area contributed by atoms with Crippen LogP contribution < -0.4 is 15.0 Å². The zero-order valence-electron chi connectivity index (χ0n) is 23.5. The number of aromatic nitrogens is 1. The summed E-state index contributed by atoms with van der Waals surface area (Å²) in [5.74, 6) is -0.300. The summed E-state index contributed by atoms with van der Waals surface area (Å²) in [4.78, 5) is 12.1. The monoisotopic (exact) mass is 555 g/mol. The summed E-state index contributed by atoms with van der Waals surface area (Å²) >= 11 is 0. The molecule has 2 aromatic carbocycles. The van der Waals surface area contributed by atoms with Crippen LogP contribution in [0.4, 0.5) is 0 Å². The third-order valence-corrected chi connectivity index (χ3v) is 8.27. The third-order valence-electron chi connectivity index (χ3n) is 8.27. The van der Waals surface area contributed by atoms with Gasteiger partial charge in [-0.3, -0.25) is 0 Å². The van der Waals surface area contributed by atoms with Gasteiger partial charge in [0.2, 0.25) is 5.88 Å². The molecule has 0 unspecified atom stereocenters. The Bertz CT molecular complexity index is 1470. The van der Waals surface area contributed by atoms with Crippen molar-refractivity contribution >= 4 is 0 Å². The van der Waals surface area contributed by atoms with Crippen molar-refractivity contribution < 1.29 is 24.2 Å². The van der Waals surface area contributed by atoms with Crippen LogP contribution in [0, 0.1) is 28.6 Å². The molecule has 5 atom stereocenters. The van der Waals surface area contributed by atoms with E-state index in [2.05, 4.69) is 27.5 Å². The van der Waals surface area contributed by atoms with E-state index in [1.165, 1.54) is 20.3 Å². The Labute approximate surface area is 239 Å². The average Bonchev–Trinajstić information content (AvgIpc) is 3.38. The Balaban J connectivity index is 1.85. The summed E-state index contributed by atoms with van der Waals surface area (Å²) < 4.78 is 18.0. The van der Waals surface area contributed by atoms with Gasteiger partial charge in [0.05, 0.1) is 44.1 Å². The van der Waals surface area contributed by atoms with E-state index in [0.29, 0.717) is 42.1 Å². The second-order valence-corrected chi connectivity index (χ2v) is 10.4. The minimum Gasteiger partial charge on any atom is -0.481 e. The van der Waals surface area contributed by atoms with Gasteiger partial charge < -0.3 is 29.1 Å². The second kappa shape index (κ2) is 11.5. The quantitative estimate of drug-likeness (QED) is 0.360. The fourth-order valence-corrected chi connectivity index (χ4v) is 6.67. The highest BCUT2D eigenvalue weighted by molar-refractivity contribution is 5.60. The van der Waals surface area contributed by atoms with Gasteiger partial charge in [-0.25, -0.2) is 4.98 Å². The molecule has 0 saturated heterocycles. The van der Waals surface area contributed by atoms with Crippen molar-refractivity contribution in [3.8, 4) is 23.8 Å². The van der Waals surface area contributed by atoms with Crippen LogP contribution in [0.2, 0.25) is 0 Å². The lowest BCUT2D eigenvalue weighted by Gasteiger charge is -2.41. The zero-order valence-corrected chi connectivity index (χ0v) is 23.5. The number of ether oxygens (including phenoxy) is 3. The van der Waals surface area contributed by atoms with Gasteiger partial charge in [-0.1, -0.05) is 42.5 Å². The molecule has 41 heavy (non-hydrogen) atoms. The van der Waals surface area contributed by atoms with Crippen molar-refractivity contribution in [2.75, 3.05) is 48.1 Å². The van der Waals surface area contributed by atoms with Crippen molar-refractivity contribution in [2.45, 2.75) is 23.2 Å². The van der Waals surface area contributed by atoms with Crippen LogP contribution in [-0.2, 0) is 20.8 Å². The molecule has 2 N–H and O–H groups in total. The van der Waals surface area contributed by atoms with Crippen molar-refractivity contribution in [3.63, 3.8) is 0 Å². The minimum atomic E-state index is -1.79. The first-order chi connectivity index (χ1) is 19.9. The molecule has 10 heteroatoms. The van der Waals surface area contributed by atoms with Gasteiger partial charge in [0, 0.05) is 38.1 Å². The van der Waals surface area contributed by atoms with Gasteiger partial charge in [0.15, 0.2) is 11.2 Å². The smallest absolute Gasteiger partial charge is 0.224 e. The number of methoxy groups -OCH3 is 2. The van der Waals surface area contributed by atoms with E-state index in [1.807, 2.05) is 49.5 Å². The largest absolute Gasteiger partial charge is 0.481 e. The molecule has 1 aliphatic heterocycles. The van der Waals surface area contributed by atoms with Gasteiger partial charge in [0.25, 0.3) is 0 Å². The number of fused-ring (bicyclic) bond motifs is 3. The number of nitrogens with one attached hydrogen (secondary N) is 1. The van der Waals surface area contributed by atoms with E-state index in [1.54, 1.807) is 19.2 Å². The van der Waals surface area contributed by atoms with Crippen LogP contribution in [0.25, 0.3) is 0 Å². The molecule has 212 valence electrons. The molecule has 1 saturated carbocycles. The highest BCUT2D eigenvalue weighted by atomic mass is 16.6. The van der Waals surface area contributed by atoms with Crippen LogP contribution in [0.3, 0.4) is 0 Å². The van der Waals surface area contributed by atoms with Crippen molar-refractivity contribution in [2.24, 2.45) is 5.92 Å². The van der Waals surface area contributed by atoms with Gasteiger partial charge in [-0.05, 0) is 30.3 Å². The summed E-state index contributed by atoms with van der Waals surface area (Å²) in [7, 11) is 6.64. The van der Waals surface area contributed by atoms with Crippen molar-refractivity contribution in [1.82, 2.24) is 15.4 Å². The molecule has 2 aliphatic rings. The number of nitrogens with zero attached hydrogens (tertiary/aromatic N) is 4. The molecule has 0 spiro atoms. The first kappa shape index (κ1) is 28.5. The van der Waals surface area contributed by atoms with Gasteiger partial charge in [-0.2, -0.15) is 16.0 Å². The molecular formula is C31H33N5O5.